The topological polar surface area (TPSA) is 118 Å². The largest absolute Gasteiger partial charge is 0.364 e. The quantitative estimate of drug-likeness (QED) is 0.521. The lowest BCUT2D eigenvalue weighted by atomic mass is 10.2. The number of amides is 2. The van der Waals surface area contributed by atoms with Crippen molar-refractivity contribution in [1.82, 2.24) is 19.4 Å². The van der Waals surface area contributed by atoms with Gasteiger partial charge in [0.15, 0.2) is 5.13 Å². The van der Waals surface area contributed by atoms with E-state index < -0.39 is 5.91 Å². The molecule has 0 aliphatic heterocycles. The zero-order valence-electron chi connectivity index (χ0n) is 12.8. The molecule has 0 aromatic carbocycles. The van der Waals surface area contributed by atoms with E-state index in [1.807, 2.05) is 6.20 Å². The summed E-state index contributed by atoms with van der Waals surface area (Å²) in [5, 5.41) is 5.02. The summed E-state index contributed by atoms with van der Waals surface area (Å²) in [5.41, 5.74) is 7.93. The van der Waals surface area contributed by atoms with Crippen molar-refractivity contribution in [3.63, 3.8) is 0 Å². The fraction of sp³-hybridized carbons (Fsp3) is 0. The second-order valence-electron chi connectivity index (χ2n) is 5.24. The molecule has 2 amide bonds. The maximum atomic E-state index is 12.5. The maximum Gasteiger partial charge on any atom is 0.265 e. The van der Waals surface area contributed by atoms with E-state index in [-0.39, 0.29) is 5.91 Å². The summed E-state index contributed by atoms with van der Waals surface area (Å²) in [7, 11) is 0. The third-order valence-electron chi connectivity index (χ3n) is 3.63. The zero-order valence-corrected chi connectivity index (χ0v) is 13.6. The molecule has 0 fully saturated rings. The molecule has 0 saturated carbocycles. The molecular weight excluding hydrogens is 340 g/mol. The molecular formula is C16H12N6O2S. The van der Waals surface area contributed by atoms with Crippen molar-refractivity contribution in [2.24, 2.45) is 5.73 Å². The predicted molar refractivity (Wildman–Crippen MR) is 93.6 cm³/mol. The van der Waals surface area contributed by atoms with Crippen LogP contribution in [0.5, 0.6) is 0 Å². The van der Waals surface area contributed by atoms with E-state index in [4.69, 9.17) is 5.73 Å². The minimum Gasteiger partial charge on any atom is -0.364 e. The summed E-state index contributed by atoms with van der Waals surface area (Å²) in [5.74, 6) is -0.826. The molecule has 4 rings (SSSR count). The zero-order chi connectivity index (χ0) is 17.4. The number of primary amides is 1. The second kappa shape index (κ2) is 5.87. The molecule has 124 valence electrons. The van der Waals surface area contributed by atoms with Crippen molar-refractivity contribution in [1.29, 1.82) is 0 Å². The van der Waals surface area contributed by atoms with Crippen LogP contribution in [0.3, 0.4) is 0 Å². The number of pyridine rings is 1. The van der Waals surface area contributed by atoms with Gasteiger partial charge < -0.3 is 15.1 Å². The van der Waals surface area contributed by atoms with E-state index >= 15 is 0 Å². The Balaban J connectivity index is 1.57. The molecule has 9 heteroatoms. The Morgan fingerprint density at radius 1 is 1.32 bits per heavy atom. The second-order valence-corrected chi connectivity index (χ2v) is 6.10. The molecule has 0 unspecified atom stereocenters. The van der Waals surface area contributed by atoms with Gasteiger partial charge in [0.05, 0.1) is 11.3 Å². The third kappa shape index (κ3) is 2.76. The highest BCUT2D eigenvalue weighted by atomic mass is 32.1. The van der Waals surface area contributed by atoms with Gasteiger partial charge in [-0.3, -0.25) is 14.9 Å². The molecule has 4 N–H and O–H groups in total. The molecule has 25 heavy (non-hydrogen) atoms. The molecule has 0 aliphatic carbocycles. The summed E-state index contributed by atoms with van der Waals surface area (Å²) in [6.45, 7) is 0. The van der Waals surface area contributed by atoms with Crippen molar-refractivity contribution in [3.05, 3.63) is 59.6 Å². The van der Waals surface area contributed by atoms with Crippen LogP contribution in [-0.2, 0) is 0 Å². The Morgan fingerprint density at radius 2 is 2.20 bits per heavy atom. The van der Waals surface area contributed by atoms with Crippen molar-refractivity contribution in [3.8, 4) is 11.3 Å². The van der Waals surface area contributed by atoms with Crippen LogP contribution in [0, 0.1) is 0 Å². The third-order valence-corrected chi connectivity index (χ3v) is 4.39. The molecule has 0 bridgehead atoms. The van der Waals surface area contributed by atoms with Gasteiger partial charge in [-0.2, -0.15) is 0 Å². The number of nitrogens with one attached hydrogen (secondary N) is 2. The van der Waals surface area contributed by atoms with E-state index in [1.165, 1.54) is 11.3 Å². The van der Waals surface area contributed by atoms with Crippen molar-refractivity contribution in [2.45, 2.75) is 0 Å². The minimum atomic E-state index is -0.539. The van der Waals surface area contributed by atoms with Gasteiger partial charge in [-0.1, -0.05) is 0 Å². The van der Waals surface area contributed by atoms with Gasteiger partial charge in [0.2, 0.25) is 0 Å². The van der Waals surface area contributed by atoms with Gasteiger partial charge in [-0.15, -0.1) is 11.3 Å². The monoisotopic (exact) mass is 352 g/mol. The van der Waals surface area contributed by atoms with Crippen LogP contribution in [0.25, 0.3) is 16.9 Å². The van der Waals surface area contributed by atoms with Crippen LogP contribution < -0.4 is 11.1 Å². The molecule has 0 atom stereocenters. The first-order valence-corrected chi connectivity index (χ1v) is 8.17. The summed E-state index contributed by atoms with van der Waals surface area (Å²) in [4.78, 5) is 35.0. The van der Waals surface area contributed by atoms with Gasteiger partial charge in [-0.05, 0) is 18.2 Å². The molecule has 0 radical (unpaired) electrons. The number of imidazole rings is 1. The van der Waals surface area contributed by atoms with Gasteiger partial charge in [-0.25, -0.2) is 9.97 Å². The number of hydrogen-bond acceptors (Lipinski definition) is 5. The van der Waals surface area contributed by atoms with Crippen LogP contribution in [0.2, 0.25) is 0 Å². The standard InChI is InChI=1S/C16H12N6O2S/c17-13(23)11-6-9(7-19-11)12-8-25-16(20-12)21-15(24)10-2-1-4-22-5-3-18-14(10)22/h1-8,19H,(H2,17,23)(H,20,21,24). The van der Waals surface area contributed by atoms with Crippen LogP contribution in [-0.4, -0.2) is 31.2 Å². The smallest absolute Gasteiger partial charge is 0.265 e. The lowest BCUT2D eigenvalue weighted by molar-refractivity contribution is 0.0994. The van der Waals surface area contributed by atoms with Crippen LogP contribution in [0.1, 0.15) is 20.8 Å². The molecule has 4 aromatic rings. The molecule has 4 heterocycles. The van der Waals surface area contributed by atoms with E-state index in [9.17, 15) is 9.59 Å². The van der Waals surface area contributed by atoms with Crippen molar-refractivity contribution < 1.29 is 9.59 Å². The Labute approximate surface area is 145 Å². The van der Waals surface area contributed by atoms with Gasteiger partial charge in [0.1, 0.15) is 11.3 Å². The van der Waals surface area contributed by atoms with Gasteiger partial charge in [0.25, 0.3) is 11.8 Å². The first-order valence-electron chi connectivity index (χ1n) is 7.29. The minimum absolute atomic E-state index is 0.287. The first-order chi connectivity index (χ1) is 12.1. The Morgan fingerprint density at radius 3 is 3.00 bits per heavy atom. The van der Waals surface area contributed by atoms with Crippen molar-refractivity contribution in [2.75, 3.05) is 5.32 Å². The number of carbonyl (C=O) groups is 2. The molecule has 8 nitrogen and oxygen atoms in total. The average Bonchev–Trinajstić information content (AvgIpc) is 3.33. The average molecular weight is 352 g/mol. The number of aromatic amines is 1. The Hall–Kier alpha value is -3.46. The fourth-order valence-electron chi connectivity index (χ4n) is 2.44. The normalized spacial score (nSPS) is 10.9. The number of carbonyl (C=O) groups excluding carboxylic acids is 2. The number of thiazole rings is 1. The van der Waals surface area contributed by atoms with E-state index in [1.54, 1.807) is 46.6 Å². The molecule has 0 spiro atoms. The number of aromatic nitrogens is 4. The molecule has 4 aromatic heterocycles. The first kappa shape index (κ1) is 15.1. The number of hydrogen-bond donors (Lipinski definition) is 3. The number of nitrogens with zero attached hydrogens (tertiary/aromatic N) is 3. The van der Waals surface area contributed by atoms with Gasteiger partial charge in [0, 0.05) is 35.7 Å². The van der Waals surface area contributed by atoms with E-state index in [2.05, 4.69) is 20.3 Å². The number of nitrogens with two attached hydrogens (primary N) is 1. The number of fused-ring (bicyclic) bond motifs is 1. The Bertz CT molecular complexity index is 1090. The maximum absolute atomic E-state index is 12.5. The predicted octanol–water partition coefficient (Wildman–Crippen LogP) is 2.14. The van der Waals surface area contributed by atoms with Crippen molar-refractivity contribution >= 4 is 33.9 Å². The number of H-pyrrole nitrogens is 1. The summed E-state index contributed by atoms with van der Waals surface area (Å²) >= 11 is 1.29. The van der Waals surface area contributed by atoms with Gasteiger partial charge >= 0.3 is 0 Å². The highest BCUT2D eigenvalue weighted by Gasteiger charge is 2.14. The Kier molecular flexibility index (Phi) is 3.55. The number of rotatable bonds is 4. The van der Waals surface area contributed by atoms with Crippen LogP contribution in [0.15, 0.2) is 48.4 Å². The highest BCUT2D eigenvalue weighted by molar-refractivity contribution is 7.14. The lowest BCUT2D eigenvalue weighted by Gasteiger charge is -2.03. The highest BCUT2D eigenvalue weighted by Crippen LogP contribution is 2.26. The van der Waals surface area contributed by atoms with E-state index in [0.29, 0.717) is 27.7 Å². The summed E-state index contributed by atoms with van der Waals surface area (Å²) in [6.07, 6.45) is 6.88. The summed E-state index contributed by atoms with van der Waals surface area (Å²) in [6, 6.07) is 5.10. The fourth-order valence-corrected chi connectivity index (χ4v) is 3.15. The molecule has 0 aliphatic rings. The molecule has 0 saturated heterocycles. The number of anilines is 1. The van der Waals surface area contributed by atoms with Crippen LogP contribution >= 0.6 is 11.3 Å². The lowest BCUT2D eigenvalue weighted by Crippen LogP contribution is -2.13. The van der Waals surface area contributed by atoms with E-state index in [0.717, 1.165) is 5.56 Å². The SMILES string of the molecule is NC(=O)c1cc(-c2csc(NC(=O)c3cccn4ccnc34)n2)c[nH]1. The summed E-state index contributed by atoms with van der Waals surface area (Å²) < 4.78 is 1.77. The van der Waals surface area contributed by atoms with Crippen LogP contribution in [0.4, 0.5) is 5.13 Å².